The molecule has 0 fully saturated rings. The SMILES string of the molecule is CC/C=C\C/C=C\C/C=C\C/C=C\C/C=C\C/C=C\C/C=C\CCCC(=O)OCC(COC(=O)CCCCCCCCC)OC(=O)CCCCCCCCCCCCCCCCCCC. The van der Waals surface area contributed by atoms with Crippen LogP contribution in [0.15, 0.2) is 85.1 Å². The number of hydrogen-bond acceptors (Lipinski definition) is 6. The van der Waals surface area contributed by atoms with Crippen LogP contribution in [-0.4, -0.2) is 37.2 Å². The summed E-state index contributed by atoms with van der Waals surface area (Å²) in [5.74, 6) is -0.957. The van der Waals surface area contributed by atoms with Gasteiger partial charge in [0, 0.05) is 19.3 Å². The second-order valence-corrected chi connectivity index (χ2v) is 17.8. The number of carbonyl (C=O) groups excluding carboxylic acids is 3. The van der Waals surface area contributed by atoms with Crippen molar-refractivity contribution in [2.45, 2.75) is 258 Å². The van der Waals surface area contributed by atoms with Gasteiger partial charge in [0.15, 0.2) is 6.10 Å². The molecule has 0 aliphatic heterocycles. The first-order chi connectivity index (χ1) is 32.0. The Morgan fingerprint density at radius 2 is 0.600 bits per heavy atom. The molecule has 1 atom stereocenters. The van der Waals surface area contributed by atoms with Crippen molar-refractivity contribution < 1.29 is 28.6 Å². The van der Waals surface area contributed by atoms with E-state index in [0.717, 1.165) is 89.9 Å². The number of rotatable bonds is 48. The third-order valence-electron chi connectivity index (χ3n) is 11.4. The number of unbranched alkanes of at least 4 members (excludes halogenated alkanes) is 23. The van der Waals surface area contributed by atoms with Gasteiger partial charge in [-0.15, -0.1) is 0 Å². The average molecular weight is 905 g/mol. The summed E-state index contributed by atoms with van der Waals surface area (Å²) in [6, 6.07) is 0. The zero-order valence-electron chi connectivity index (χ0n) is 42.5. The Morgan fingerprint density at radius 1 is 0.323 bits per heavy atom. The number of hydrogen-bond donors (Lipinski definition) is 0. The Kier molecular flexibility index (Phi) is 50.4. The van der Waals surface area contributed by atoms with Gasteiger partial charge < -0.3 is 14.2 Å². The summed E-state index contributed by atoms with van der Waals surface area (Å²) in [5.41, 5.74) is 0. The first kappa shape index (κ1) is 61.6. The topological polar surface area (TPSA) is 78.9 Å². The summed E-state index contributed by atoms with van der Waals surface area (Å²) in [4.78, 5) is 37.8. The molecule has 0 aliphatic carbocycles. The molecule has 0 heterocycles. The highest BCUT2D eigenvalue weighted by Crippen LogP contribution is 2.15. The molecule has 0 spiro atoms. The lowest BCUT2D eigenvalue weighted by atomic mass is 10.0. The van der Waals surface area contributed by atoms with Crippen molar-refractivity contribution in [3.63, 3.8) is 0 Å². The van der Waals surface area contributed by atoms with Gasteiger partial charge in [-0.25, -0.2) is 0 Å². The molecule has 0 bridgehead atoms. The standard InChI is InChI=1S/C59H100O6/c1-4-7-10-13-16-18-20-22-24-26-27-28-29-30-31-33-34-36-38-40-43-46-49-52-58(61)64-55-56(54-63-57(60)51-48-45-42-15-12-9-6-3)65-59(62)53-50-47-44-41-39-37-35-32-25-23-21-19-17-14-11-8-5-2/h7,10,16,18,22,24,27-28,30-31,34,36,40,43,56H,4-6,8-9,11-15,17,19-21,23,25-26,29,32-33,35,37-39,41-42,44-55H2,1-3H3/b10-7-,18-16-,24-22-,28-27-,31-30-,36-34-,43-40-. The molecule has 0 saturated carbocycles. The first-order valence-corrected chi connectivity index (χ1v) is 27.1. The summed E-state index contributed by atoms with van der Waals surface area (Å²) >= 11 is 0. The summed E-state index contributed by atoms with van der Waals surface area (Å²) in [6.45, 7) is 6.44. The Balaban J connectivity index is 4.33. The van der Waals surface area contributed by atoms with E-state index in [1.165, 1.54) is 116 Å². The molecule has 0 aromatic rings. The number of ether oxygens (including phenoxy) is 3. The Hall–Kier alpha value is -3.41. The van der Waals surface area contributed by atoms with E-state index in [0.29, 0.717) is 19.3 Å². The summed E-state index contributed by atoms with van der Waals surface area (Å²) in [6.07, 6.45) is 68.8. The Bertz CT molecular complexity index is 1270. The monoisotopic (exact) mass is 905 g/mol. The van der Waals surface area contributed by atoms with Crippen molar-refractivity contribution in [3.8, 4) is 0 Å². The molecule has 0 saturated heterocycles. The molecule has 6 heteroatoms. The van der Waals surface area contributed by atoms with E-state index in [1.807, 2.05) is 0 Å². The highest BCUT2D eigenvalue weighted by atomic mass is 16.6. The largest absolute Gasteiger partial charge is 0.462 e. The fourth-order valence-corrected chi connectivity index (χ4v) is 7.37. The Morgan fingerprint density at radius 3 is 0.938 bits per heavy atom. The van der Waals surface area contributed by atoms with Gasteiger partial charge in [0.05, 0.1) is 0 Å². The van der Waals surface area contributed by atoms with Crippen LogP contribution in [0.25, 0.3) is 0 Å². The predicted octanol–water partition coefficient (Wildman–Crippen LogP) is 18.0. The lowest BCUT2D eigenvalue weighted by Crippen LogP contribution is -2.30. The second kappa shape index (κ2) is 53.2. The highest BCUT2D eigenvalue weighted by molar-refractivity contribution is 5.71. The van der Waals surface area contributed by atoms with Crippen LogP contribution in [0.3, 0.4) is 0 Å². The molecule has 372 valence electrons. The third kappa shape index (κ3) is 51.4. The first-order valence-electron chi connectivity index (χ1n) is 27.1. The fourth-order valence-electron chi connectivity index (χ4n) is 7.37. The van der Waals surface area contributed by atoms with E-state index < -0.39 is 6.10 Å². The smallest absolute Gasteiger partial charge is 0.306 e. The van der Waals surface area contributed by atoms with Gasteiger partial charge in [-0.2, -0.15) is 0 Å². The molecule has 0 aromatic carbocycles. The average Bonchev–Trinajstić information content (AvgIpc) is 3.30. The maximum atomic E-state index is 12.8. The molecule has 0 aromatic heterocycles. The molecular formula is C59H100O6. The molecule has 0 N–H and O–H groups in total. The number of carbonyl (C=O) groups is 3. The minimum Gasteiger partial charge on any atom is -0.462 e. The second-order valence-electron chi connectivity index (χ2n) is 17.8. The van der Waals surface area contributed by atoms with Gasteiger partial charge in [0.25, 0.3) is 0 Å². The zero-order chi connectivity index (χ0) is 47.2. The van der Waals surface area contributed by atoms with E-state index in [4.69, 9.17) is 14.2 Å². The normalized spacial score (nSPS) is 12.7. The third-order valence-corrected chi connectivity index (χ3v) is 11.4. The lowest BCUT2D eigenvalue weighted by Gasteiger charge is -2.18. The van der Waals surface area contributed by atoms with Crippen molar-refractivity contribution in [1.82, 2.24) is 0 Å². The van der Waals surface area contributed by atoms with Gasteiger partial charge in [0.2, 0.25) is 0 Å². The van der Waals surface area contributed by atoms with E-state index in [1.54, 1.807) is 0 Å². The molecule has 0 radical (unpaired) electrons. The summed E-state index contributed by atoms with van der Waals surface area (Å²) in [5, 5.41) is 0. The van der Waals surface area contributed by atoms with Crippen LogP contribution < -0.4 is 0 Å². The van der Waals surface area contributed by atoms with Crippen molar-refractivity contribution in [1.29, 1.82) is 0 Å². The molecule has 0 amide bonds. The van der Waals surface area contributed by atoms with Crippen molar-refractivity contribution >= 4 is 17.9 Å². The summed E-state index contributed by atoms with van der Waals surface area (Å²) in [7, 11) is 0. The van der Waals surface area contributed by atoms with E-state index in [-0.39, 0.29) is 37.5 Å². The zero-order valence-corrected chi connectivity index (χ0v) is 42.5. The van der Waals surface area contributed by atoms with Gasteiger partial charge in [-0.05, 0) is 70.6 Å². The quantitative estimate of drug-likeness (QED) is 0.0262. The van der Waals surface area contributed by atoms with Gasteiger partial charge in [0.1, 0.15) is 13.2 Å². The van der Waals surface area contributed by atoms with Gasteiger partial charge in [-0.1, -0.05) is 247 Å². The maximum Gasteiger partial charge on any atom is 0.306 e. The number of allylic oxidation sites excluding steroid dienone is 14. The van der Waals surface area contributed by atoms with Crippen LogP contribution in [0, 0.1) is 0 Å². The van der Waals surface area contributed by atoms with Crippen molar-refractivity contribution in [2.24, 2.45) is 0 Å². The van der Waals surface area contributed by atoms with E-state index >= 15 is 0 Å². The summed E-state index contributed by atoms with van der Waals surface area (Å²) < 4.78 is 16.7. The van der Waals surface area contributed by atoms with Crippen LogP contribution in [0.1, 0.15) is 252 Å². The van der Waals surface area contributed by atoms with Crippen molar-refractivity contribution in [3.05, 3.63) is 85.1 Å². The van der Waals surface area contributed by atoms with Crippen LogP contribution in [0.2, 0.25) is 0 Å². The van der Waals surface area contributed by atoms with Crippen molar-refractivity contribution in [2.75, 3.05) is 13.2 Å². The van der Waals surface area contributed by atoms with Crippen LogP contribution >= 0.6 is 0 Å². The highest BCUT2D eigenvalue weighted by Gasteiger charge is 2.19. The minimum atomic E-state index is -0.795. The lowest BCUT2D eigenvalue weighted by molar-refractivity contribution is -0.167. The van der Waals surface area contributed by atoms with Gasteiger partial charge >= 0.3 is 17.9 Å². The van der Waals surface area contributed by atoms with Crippen LogP contribution in [0.4, 0.5) is 0 Å². The van der Waals surface area contributed by atoms with Crippen LogP contribution in [-0.2, 0) is 28.6 Å². The van der Waals surface area contributed by atoms with E-state index in [2.05, 4.69) is 106 Å². The fraction of sp³-hybridized carbons (Fsp3) is 0.712. The maximum absolute atomic E-state index is 12.8. The molecule has 6 nitrogen and oxygen atoms in total. The molecule has 1 unspecified atom stereocenters. The van der Waals surface area contributed by atoms with Gasteiger partial charge in [-0.3, -0.25) is 14.4 Å². The minimum absolute atomic E-state index is 0.0925. The Labute approximate surface area is 401 Å². The van der Waals surface area contributed by atoms with Crippen LogP contribution in [0.5, 0.6) is 0 Å². The predicted molar refractivity (Wildman–Crippen MR) is 279 cm³/mol. The molecule has 0 aliphatic rings. The molecule has 0 rings (SSSR count). The number of esters is 3. The van der Waals surface area contributed by atoms with E-state index in [9.17, 15) is 14.4 Å². The molecular weight excluding hydrogens is 805 g/mol. The molecule has 65 heavy (non-hydrogen) atoms.